The van der Waals surface area contributed by atoms with Crippen LogP contribution in [-0.4, -0.2) is 38.1 Å². The van der Waals surface area contributed by atoms with Gasteiger partial charge in [-0.3, -0.25) is 14.9 Å². The Bertz CT molecular complexity index is 1030. The first-order valence-corrected chi connectivity index (χ1v) is 9.96. The van der Waals surface area contributed by atoms with E-state index in [9.17, 15) is 14.4 Å². The van der Waals surface area contributed by atoms with Crippen molar-refractivity contribution in [2.45, 2.75) is 17.9 Å². The molecule has 2 aromatic carbocycles. The van der Waals surface area contributed by atoms with E-state index in [1.165, 1.54) is 7.11 Å². The number of nitrogens with one attached hydrogen (secondary N) is 2. The van der Waals surface area contributed by atoms with Crippen LogP contribution in [0.4, 0.5) is 5.69 Å². The van der Waals surface area contributed by atoms with E-state index in [2.05, 4.69) is 10.6 Å². The lowest BCUT2D eigenvalue weighted by Gasteiger charge is -2.36. The fraction of sp³-hybridized carbons (Fsp3) is 0.318. The Morgan fingerprint density at radius 2 is 1.93 bits per heavy atom. The largest absolute Gasteiger partial charge is 0.467 e. The highest BCUT2D eigenvalue weighted by Gasteiger charge is 2.71. The second-order valence-corrected chi connectivity index (χ2v) is 7.76. The first kappa shape index (κ1) is 20.4. The van der Waals surface area contributed by atoms with Gasteiger partial charge in [0.05, 0.1) is 13.7 Å². The first-order chi connectivity index (χ1) is 14.4. The fourth-order valence-corrected chi connectivity index (χ4v) is 4.88. The summed E-state index contributed by atoms with van der Waals surface area (Å²) in [5, 5.41) is 6.42. The highest BCUT2D eigenvalue weighted by Crippen LogP contribution is 2.54. The van der Waals surface area contributed by atoms with Crippen molar-refractivity contribution in [3.05, 3.63) is 64.7 Å². The smallest absolute Gasteiger partial charge is 0.331 e. The number of benzene rings is 2. The summed E-state index contributed by atoms with van der Waals surface area (Å²) in [7, 11) is 1.25. The van der Waals surface area contributed by atoms with Crippen LogP contribution in [0, 0.1) is 5.92 Å². The van der Waals surface area contributed by atoms with Crippen molar-refractivity contribution < 1.29 is 23.9 Å². The minimum absolute atomic E-state index is 0.0274. The molecule has 1 fully saturated rings. The molecule has 2 N–H and O–H groups in total. The second kappa shape index (κ2) is 7.41. The van der Waals surface area contributed by atoms with Gasteiger partial charge in [0.2, 0.25) is 5.91 Å². The average molecular weight is 429 g/mol. The molecular weight excluding hydrogens is 408 g/mol. The van der Waals surface area contributed by atoms with Gasteiger partial charge in [0, 0.05) is 17.3 Å². The second-order valence-electron chi connectivity index (χ2n) is 7.32. The Kier molecular flexibility index (Phi) is 5.03. The molecule has 2 aliphatic rings. The van der Waals surface area contributed by atoms with E-state index in [4.69, 9.17) is 21.1 Å². The zero-order valence-corrected chi connectivity index (χ0v) is 17.3. The molecule has 1 amide bonds. The number of hydrogen-bond acceptors (Lipinski definition) is 6. The van der Waals surface area contributed by atoms with Crippen LogP contribution in [-0.2, 0) is 34.8 Å². The van der Waals surface area contributed by atoms with E-state index < -0.39 is 34.7 Å². The van der Waals surface area contributed by atoms with Crippen molar-refractivity contribution in [1.29, 1.82) is 0 Å². The number of carbonyl (C=O) groups excluding carboxylic acids is 3. The van der Waals surface area contributed by atoms with Gasteiger partial charge in [-0.1, -0.05) is 41.9 Å². The molecule has 1 spiro atoms. The quantitative estimate of drug-likeness (QED) is 0.726. The van der Waals surface area contributed by atoms with Crippen LogP contribution in [0.15, 0.2) is 48.5 Å². The van der Waals surface area contributed by atoms with Crippen molar-refractivity contribution in [3.63, 3.8) is 0 Å². The number of fused-ring (bicyclic) bond motifs is 2. The van der Waals surface area contributed by atoms with E-state index in [-0.39, 0.29) is 13.2 Å². The minimum atomic E-state index is -1.61. The van der Waals surface area contributed by atoms with E-state index in [1.54, 1.807) is 55.5 Å². The van der Waals surface area contributed by atoms with Crippen LogP contribution in [0.1, 0.15) is 18.1 Å². The van der Waals surface area contributed by atoms with Crippen molar-refractivity contribution in [2.24, 2.45) is 5.92 Å². The van der Waals surface area contributed by atoms with E-state index in [1.807, 2.05) is 0 Å². The minimum Gasteiger partial charge on any atom is -0.467 e. The Morgan fingerprint density at radius 3 is 2.60 bits per heavy atom. The molecule has 0 aromatic heterocycles. The molecule has 4 rings (SSSR count). The predicted molar refractivity (Wildman–Crippen MR) is 110 cm³/mol. The van der Waals surface area contributed by atoms with Crippen molar-refractivity contribution >= 4 is 35.1 Å². The summed E-state index contributed by atoms with van der Waals surface area (Å²) in [6, 6.07) is 13.8. The van der Waals surface area contributed by atoms with Crippen molar-refractivity contribution in [2.75, 3.05) is 25.6 Å². The molecule has 0 saturated carbocycles. The lowest BCUT2D eigenvalue weighted by atomic mass is 9.64. The van der Waals surface area contributed by atoms with Crippen LogP contribution in [0.25, 0.3) is 0 Å². The standard InChI is InChI=1S/C22H21ClN2O5/c1-3-30-18(26)17-21(15-11-14(23)9-10-16(15)25-19(21)27)12-24-22(17,20(28)29-2)13-7-5-4-6-8-13/h4-11,17,24H,3,12H2,1-2H3,(H,25,27)/t17-,21-,22-/m0/s1. The van der Waals surface area contributed by atoms with Gasteiger partial charge in [-0.25, -0.2) is 4.79 Å². The summed E-state index contributed by atoms with van der Waals surface area (Å²) in [5.74, 6) is -2.95. The molecule has 2 heterocycles. The molecule has 3 atom stereocenters. The fourth-order valence-electron chi connectivity index (χ4n) is 4.71. The third-order valence-corrected chi connectivity index (χ3v) is 6.18. The van der Waals surface area contributed by atoms with Gasteiger partial charge in [-0.2, -0.15) is 0 Å². The van der Waals surface area contributed by atoms with Gasteiger partial charge in [0.25, 0.3) is 0 Å². The lowest BCUT2D eigenvalue weighted by Crippen LogP contribution is -2.56. The zero-order chi connectivity index (χ0) is 21.5. The number of halogens is 1. The number of ether oxygens (including phenoxy) is 2. The number of methoxy groups -OCH3 is 1. The van der Waals surface area contributed by atoms with Crippen LogP contribution >= 0.6 is 11.6 Å². The lowest BCUT2D eigenvalue weighted by molar-refractivity contribution is -0.163. The molecule has 2 aromatic rings. The van der Waals surface area contributed by atoms with Gasteiger partial charge >= 0.3 is 11.9 Å². The van der Waals surface area contributed by atoms with Gasteiger partial charge in [-0.15, -0.1) is 0 Å². The summed E-state index contributed by atoms with van der Waals surface area (Å²) in [5.41, 5.74) is -1.39. The monoisotopic (exact) mass is 428 g/mol. The molecule has 0 radical (unpaired) electrons. The number of esters is 2. The van der Waals surface area contributed by atoms with Crippen LogP contribution in [0.3, 0.4) is 0 Å². The molecule has 0 unspecified atom stereocenters. The molecule has 30 heavy (non-hydrogen) atoms. The number of anilines is 1. The molecule has 2 aliphatic heterocycles. The molecule has 0 aliphatic carbocycles. The molecule has 0 bridgehead atoms. The Labute approximate surface area is 178 Å². The van der Waals surface area contributed by atoms with Crippen LogP contribution in [0.2, 0.25) is 5.02 Å². The maximum Gasteiger partial charge on any atom is 0.331 e. The van der Waals surface area contributed by atoms with E-state index in [0.717, 1.165) is 0 Å². The van der Waals surface area contributed by atoms with E-state index >= 15 is 0 Å². The number of carbonyl (C=O) groups is 3. The van der Waals surface area contributed by atoms with Gasteiger partial charge in [0.1, 0.15) is 11.3 Å². The summed E-state index contributed by atoms with van der Waals surface area (Å²) >= 11 is 6.23. The normalized spacial score (nSPS) is 26.9. The van der Waals surface area contributed by atoms with Crippen molar-refractivity contribution in [3.8, 4) is 0 Å². The summed E-state index contributed by atoms with van der Waals surface area (Å²) in [4.78, 5) is 40.0. The van der Waals surface area contributed by atoms with Gasteiger partial charge < -0.3 is 14.8 Å². The highest BCUT2D eigenvalue weighted by molar-refractivity contribution is 6.31. The Hall–Kier alpha value is -2.90. The van der Waals surface area contributed by atoms with Gasteiger partial charge in [-0.05, 0) is 36.2 Å². The van der Waals surface area contributed by atoms with Crippen molar-refractivity contribution in [1.82, 2.24) is 5.32 Å². The molecule has 1 saturated heterocycles. The van der Waals surface area contributed by atoms with E-state index in [0.29, 0.717) is 21.8 Å². The predicted octanol–water partition coefficient (Wildman–Crippen LogP) is 2.38. The number of rotatable bonds is 4. The average Bonchev–Trinajstić information content (AvgIpc) is 3.25. The summed E-state index contributed by atoms with van der Waals surface area (Å²) < 4.78 is 10.5. The number of hydrogen-bond donors (Lipinski definition) is 2. The summed E-state index contributed by atoms with van der Waals surface area (Å²) in [6.45, 7) is 1.80. The molecule has 156 valence electrons. The third kappa shape index (κ3) is 2.66. The topological polar surface area (TPSA) is 93.7 Å². The third-order valence-electron chi connectivity index (χ3n) is 5.95. The van der Waals surface area contributed by atoms with Crippen LogP contribution < -0.4 is 10.6 Å². The SMILES string of the molecule is CCOC(=O)[C@H]1[C@@]2(CN[C@@]1(C(=O)OC)c1ccccc1)C(=O)Nc1ccc(Cl)cc12. The Balaban J connectivity index is 2.02. The molecule has 8 heteroatoms. The maximum absolute atomic E-state index is 13.4. The number of amides is 1. The van der Waals surface area contributed by atoms with Crippen LogP contribution in [0.5, 0.6) is 0 Å². The molecular formula is C22H21ClN2O5. The highest BCUT2D eigenvalue weighted by atomic mass is 35.5. The maximum atomic E-state index is 13.4. The summed E-state index contributed by atoms with van der Waals surface area (Å²) in [6.07, 6.45) is 0. The molecule has 7 nitrogen and oxygen atoms in total. The Morgan fingerprint density at radius 1 is 1.20 bits per heavy atom. The van der Waals surface area contributed by atoms with Gasteiger partial charge in [0.15, 0.2) is 5.54 Å². The zero-order valence-electron chi connectivity index (χ0n) is 16.5. The first-order valence-electron chi connectivity index (χ1n) is 9.59.